The summed E-state index contributed by atoms with van der Waals surface area (Å²) in [5.74, 6) is 2.86. The van der Waals surface area contributed by atoms with E-state index in [2.05, 4.69) is 12.8 Å². The van der Waals surface area contributed by atoms with Gasteiger partial charge in [-0.05, 0) is 67.6 Å². The second kappa shape index (κ2) is 5.82. The van der Waals surface area contributed by atoms with Gasteiger partial charge in [0.15, 0.2) is 0 Å². The Hall–Kier alpha value is -0.860. The zero-order valence-electron chi connectivity index (χ0n) is 15.9. The predicted octanol–water partition coefficient (Wildman–Crippen LogP) is 1.86. The van der Waals surface area contributed by atoms with Gasteiger partial charge in [-0.25, -0.2) is 0 Å². The van der Waals surface area contributed by atoms with Crippen molar-refractivity contribution in [2.24, 2.45) is 34.5 Å². The van der Waals surface area contributed by atoms with E-state index in [1.165, 1.54) is 5.57 Å². The first-order valence-electron chi connectivity index (χ1n) is 10.1. The molecule has 0 aromatic heterocycles. The van der Waals surface area contributed by atoms with Crippen molar-refractivity contribution >= 4 is 0 Å². The van der Waals surface area contributed by atoms with Gasteiger partial charge in [0, 0.05) is 5.41 Å². The maximum atomic E-state index is 11.3. The number of rotatable bonds is 1. The summed E-state index contributed by atoms with van der Waals surface area (Å²) in [5, 5.41) is 42.8. The third-order valence-corrected chi connectivity index (χ3v) is 8.89. The number of hydrogen-bond donors (Lipinski definition) is 4. The second-order valence-electron chi connectivity index (χ2n) is 9.69. The van der Waals surface area contributed by atoms with E-state index in [1.807, 2.05) is 13.0 Å². The van der Waals surface area contributed by atoms with Crippen LogP contribution in [0.3, 0.4) is 0 Å². The van der Waals surface area contributed by atoms with E-state index >= 15 is 0 Å². The highest BCUT2D eigenvalue weighted by Crippen LogP contribution is 2.68. The fraction of sp³-hybridized carbons (Fsp3) is 0.818. The minimum absolute atomic E-state index is 0.00437. The average Bonchev–Trinajstić information content (AvgIpc) is 2.85. The van der Waals surface area contributed by atoms with E-state index in [9.17, 15) is 20.4 Å². The molecular formula is C22H32O4. The quantitative estimate of drug-likeness (QED) is 0.425. The molecule has 4 N–H and O–H groups in total. The summed E-state index contributed by atoms with van der Waals surface area (Å²) in [5.41, 5.74) is -0.853. The summed E-state index contributed by atoms with van der Waals surface area (Å²) < 4.78 is 0. The maximum Gasteiger partial charge on any atom is 0.135 e. The van der Waals surface area contributed by atoms with Crippen molar-refractivity contribution in [1.82, 2.24) is 0 Å². The Kier molecular flexibility index (Phi) is 4.14. The molecule has 0 amide bonds. The fourth-order valence-corrected chi connectivity index (χ4v) is 7.38. The monoisotopic (exact) mass is 360 g/mol. The molecule has 0 heterocycles. The lowest BCUT2D eigenvalue weighted by Crippen LogP contribution is -2.60. The first kappa shape index (κ1) is 18.5. The molecule has 4 nitrogen and oxygen atoms in total. The summed E-state index contributed by atoms with van der Waals surface area (Å²) >= 11 is 0. The Morgan fingerprint density at radius 1 is 1.23 bits per heavy atom. The standard InChI is InChI=1S/C22H32O4/c1-4-22(26)13(2)9-17-19-16(6-8-21(17,22)12-23)20(3)7-5-15(24)10-14(20)11-18(19)25/h1,11,13,15-19,23-26H,5-10,12H2,2-3H3/t13-,15-,16?,17?,18+,19?,20+,21-,22+/m1/s1. The van der Waals surface area contributed by atoms with Crippen LogP contribution >= 0.6 is 0 Å². The molecule has 0 bridgehead atoms. The van der Waals surface area contributed by atoms with Crippen LogP contribution in [-0.2, 0) is 0 Å². The normalized spacial score (nSPS) is 56.0. The van der Waals surface area contributed by atoms with E-state index in [1.54, 1.807) is 0 Å². The van der Waals surface area contributed by atoms with Crippen LogP contribution in [0.5, 0.6) is 0 Å². The van der Waals surface area contributed by atoms with Gasteiger partial charge in [-0.15, -0.1) is 6.42 Å². The van der Waals surface area contributed by atoms with Gasteiger partial charge in [-0.1, -0.05) is 31.4 Å². The molecule has 4 heteroatoms. The van der Waals surface area contributed by atoms with Gasteiger partial charge >= 0.3 is 0 Å². The highest BCUT2D eigenvalue weighted by molar-refractivity contribution is 5.32. The van der Waals surface area contributed by atoms with Crippen molar-refractivity contribution in [3.8, 4) is 12.3 Å². The predicted molar refractivity (Wildman–Crippen MR) is 98.8 cm³/mol. The molecule has 4 rings (SSSR count). The van der Waals surface area contributed by atoms with E-state index in [4.69, 9.17) is 6.42 Å². The molecule has 144 valence electrons. The summed E-state index contributed by atoms with van der Waals surface area (Å²) in [6.45, 7) is 4.12. The molecule has 0 spiro atoms. The molecule has 26 heavy (non-hydrogen) atoms. The maximum absolute atomic E-state index is 11.3. The van der Waals surface area contributed by atoms with Crippen LogP contribution in [0, 0.1) is 46.8 Å². The zero-order valence-corrected chi connectivity index (χ0v) is 15.9. The van der Waals surface area contributed by atoms with E-state index in [0.717, 1.165) is 25.7 Å². The SMILES string of the molecule is C#C[C@]1(O)[C@H](C)CC2C3C(CC[C@@]21CO)[C@@]1(C)CC[C@@H](O)CC1=C[C@@H]3O. The second-order valence-corrected chi connectivity index (χ2v) is 9.69. The molecule has 4 aliphatic carbocycles. The third kappa shape index (κ3) is 2.06. The minimum Gasteiger partial charge on any atom is -0.396 e. The molecule has 0 aliphatic heterocycles. The van der Waals surface area contributed by atoms with Crippen molar-refractivity contribution in [3.05, 3.63) is 11.6 Å². The lowest BCUT2D eigenvalue weighted by molar-refractivity contribution is -0.153. The van der Waals surface area contributed by atoms with E-state index in [0.29, 0.717) is 18.8 Å². The first-order chi connectivity index (χ1) is 12.2. The van der Waals surface area contributed by atoms with Gasteiger partial charge in [-0.2, -0.15) is 0 Å². The largest absolute Gasteiger partial charge is 0.396 e. The smallest absolute Gasteiger partial charge is 0.135 e. The Balaban J connectivity index is 1.79. The highest BCUT2D eigenvalue weighted by Gasteiger charge is 2.68. The van der Waals surface area contributed by atoms with Crippen LogP contribution in [0.1, 0.15) is 52.4 Å². The molecule has 0 aromatic rings. The van der Waals surface area contributed by atoms with E-state index in [-0.39, 0.29) is 35.9 Å². The van der Waals surface area contributed by atoms with Crippen molar-refractivity contribution in [1.29, 1.82) is 0 Å². The fourth-order valence-electron chi connectivity index (χ4n) is 7.38. The molecule has 0 saturated heterocycles. The lowest BCUT2D eigenvalue weighted by Gasteiger charge is -2.59. The van der Waals surface area contributed by atoms with Crippen LogP contribution in [0.2, 0.25) is 0 Å². The molecule has 3 saturated carbocycles. The van der Waals surface area contributed by atoms with Gasteiger partial charge in [-0.3, -0.25) is 0 Å². The van der Waals surface area contributed by atoms with Gasteiger partial charge in [0.1, 0.15) is 5.60 Å². The zero-order chi connectivity index (χ0) is 18.9. The van der Waals surface area contributed by atoms with Crippen molar-refractivity contribution in [3.63, 3.8) is 0 Å². The molecule has 3 fully saturated rings. The van der Waals surface area contributed by atoms with E-state index < -0.39 is 17.1 Å². The third-order valence-electron chi connectivity index (χ3n) is 8.89. The van der Waals surface area contributed by atoms with Gasteiger partial charge in [0.05, 0.1) is 18.8 Å². The first-order valence-corrected chi connectivity index (χ1v) is 10.1. The average molecular weight is 360 g/mol. The van der Waals surface area contributed by atoms with Crippen LogP contribution < -0.4 is 0 Å². The Labute approximate surface area is 156 Å². The Morgan fingerprint density at radius 3 is 2.62 bits per heavy atom. The number of aliphatic hydroxyl groups is 4. The van der Waals surface area contributed by atoms with Crippen LogP contribution in [0.25, 0.3) is 0 Å². The summed E-state index contributed by atoms with van der Waals surface area (Å²) in [6.07, 6.45) is 11.5. The molecular weight excluding hydrogens is 328 g/mol. The molecule has 3 unspecified atom stereocenters. The van der Waals surface area contributed by atoms with Crippen LogP contribution in [0.15, 0.2) is 11.6 Å². The van der Waals surface area contributed by atoms with Gasteiger partial charge in [0.2, 0.25) is 0 Å². The molecule has 9 atom stereocenters. The van der Waals surface area contributed by atoms with Crippen molar-refractivity contribution < 1.29 is 20.4 Å². The Morgan fingerprint density at radius 2 is 1.96 bits per heavy atom. The van der Waals surface area contributed by atoms with Crippen LogP contribution in [0.4, 0.5) is 0 Å². The minimum atomic E-state index is -1.31. The summed E-state index contributed by atoms with van der Waals surface area (Å²) in [4.78, 5) is 0. The number of hydrogen-bond acceptors (Lipinski definition) is 4. The number of aliphatic hydroxyl groups excluding tert-OH is 3. The lowest BCUT2D eigenvalue weighted by atomic mass is 9.46. The van der Waals surface area contributed by atoms with Crippen molar-refractivity contribution in [2.75, 3.05) is 6.61 Å². The Bertz CT molecular complexity index is 666. The number of fused-ring (bicyclic) bond motifs is 5. The molecule has 4 aliphatic rings. The summed E-state index contributed by atoms with van der Waals surface area (Å²) in [6, 6.07) is 0. The summed E-state index contributed by atoms with van der Waals surface area (Å²) in [7, 11) is 0. The highest BCUT2D eigenvalue weighted by atomic mass is 16.3. The van der Waals surface area contributed by atoms with Gasteiger partial charge in [0.25, 0.3) is 0 Å². The van der Waals surface area contributed by atoms with Gasteiger partial charge < -0.3 is 20.4 Å². The molecule has 0 aromatic carbocycles. The van der Waals surface area contributed by atoms with Crippen molar-refractivity contribution in [2.45, 2.75) is 70.2 Å². The number of terminal acetylenes is 1. The molecule has 0 radical (unpaired) electrons. The van der Waals surface area contributed by atoms with Crippen LogP contribution in [-0.4, -0.2) is 44.8 Å². The topological polar surface area (TPSA) is 80.9 Å².